The largest absolute Gasteiger partial charge is 0.411 e. The van der Waals surface area contributed by atoms with Gasteiger partial charge in [0.05, 0.1) is 12.3 Å². The van der Waals surface area contributed by atoms with Crippen LogP contribution in [0, 0.1) is 0 Å². The first kappa shape index (κ1) is 24.6. The molecule has 0 amide bonds. The smallest absolute Gasteiger partial charge is 0.253 e. The summed E-state index contributed by atoms with van der Waals surface area (Å²) < 4.78 is 36.9. The fourth-order valence-corrected chi connectivity index (χ4v) is 7.73. The Bertz CT molecular complexity index is 758. The van der Waals surface area contributed by atoms with Gasteiger partial charge in [-0.05, 0) is 30.1 Å². The molecule has 158 valence electrons. The number of aromatic nitrogens is 2. The zero-order valence-corrected chi connectivity index (χ0v) is 21.8. The van der Waals surface area contributed by atoms with E-state index in [0.29, 0.717) is 13.2 Å². The van der Waals surface area contributed by atoms with Crippen LogP contribution in [0.4, 0.5) is 0 Å². The number of nitrogens with zero attached hydrogens (tertiary/aromatic N) is 2. The molecule has 0 atom stereocenters. The van der Waals surface area contributed by atoms with Crippen LogP contribution in [-0.4, -0.2) is 34.8 Å². The van der Waals surface area contributed by atoms with Gasteiger partial charge in [0.1, 0.15) is 8.24 Å². The number of rotatable bonds is 7. The van der Waals surface area contributed by atoms with Gasteiger partial charge in [-0.1, -0.05) is 54.6 Å². The first-order valence-corrected chi connectivity index (χ1v) is 17.0. The van der Waals surface area contributed by atoms with E-state index >= 15 is 0 Å². The van der Waals surface area contributed by atoms with E-state index < -0.39 is 26.6 Å². The Hall–Kier alpha value is -0.486. The number of aryl methyl sites for hydroxylation is 1. The molecular formula is C18H39N3O3SSi2. The predicted molar refractivity (Wildman–Crippen MR) is 117 cm³/mol. The zero-order valence-electron chi connectivity index (χ0n) is 19.0. The Kier molecular flexibility index (Phi) is 7.04. The lowest BCUT2D eigenvalue weighted by Crippen LogP contribution is -2.54. The second-order valence-electron chi connectivity index (χ2n) is 10.3. The minimum absolute atomic E-state index is 0.0861. The molecule has 0 unspecified atom stereocenters. The van der Waals surface area contributed by atoms with E-state index in [4.69, 9.17) is 4.43 Å². The second kappa shape index (κ2) is 7.74. The van der Waals surface area contributed by atoms with Crippen molar-refractivity contribution in [3.8, 4) is 0 Å². The lowest BCUT2D eigenvalue weighted by molar-refractivity contribution is 0.265. The van der Waals surface area contributed by atoms with Gasteiger partial charge in [-0.25, -0.2) is 12.8 Å². The summed E-state index contributed by atoms with van der Waals surface area (Å²) in [6.45, 7) is 24.2. The molecule has 0 aliphatic rings. The summed E-state index contributed by atoms with van der Waals surface area (Å²) >= 11 is 0. The van der Waals surface area contributed by atoms with Crippen LogP contribution >= 0.6 is 0 Å². The fourth-order valence-electron chi connectivity index (χ4n) is 1.96. The molecule has 0 aromatic carbocycles. The van der Waals surface area contributed by atoms with Crippen molar-refractivity contribution in [1.29, 1.82) is 0 Å². The topological polar surface area (TPSA) is 73.2 Å². The summed E-state index contributed by atoms with van der Waals surface area (Å²) in [6, 6.07) is 1.66. The molecular weight excluding hydrogens is 394 g/mol. The van der Waals surface area contributed by atoms with Crippen LogP contribution in [0.25, 0.3) is 0 Å². The van der Waals surface area contributed by atoms with E-state index in [1.165, 1.54) is 0 Å². The van der Waals surface area contributed by atoms with E-state index in [-0.39, 0.29) is 15.1 Å². The normalized spacial score (nSPS) is 14.6. The summed E-state index contributed by atoms with van der Waals surface area (Å²) in [5, 5.41) is 4.44. The van der Waals surface area contributed by atoms with Crippen LogP contribution in [0.5, 0.6) is 0 Å². The Balaban J connectivity index is 3.13. The van der Waals surface area contributed by atoms with Crippen LogP contribution < -0.4 is 4.39 Å². The van der Waals surface area contributed by atoms with Crippen molar-refractivity contribution in [3.05, 3.63) is 11.8 Å². The second-order valence-corrected chi connectivity index (χ2v) is 22.1. The van der Waals surface area contributed by atoms with Crippen LogP contribution in [0.3, 0.4) is 0 Å². The third kappa shape index (κ3) is 5.75. The fraction of sp³-hybridized carbons (Fsp3) is 0.833. The highest BCUT2D eigenvalue weighted by molar-refractivity contribution is 7.90. The molecule has 1 aromatic rings. The Morgan fingerprint density at radius 3 is 2.00 bits per heavy atom. The molecule has 1 heterocycles. The average molecular weight is 434 g/mol. The monoisotopic (exact) mass is 433 g/mol. The highest BCUT2D eigenvalue weighted by atomic mass is 32.2. The van der Waals surface area contributed by atoms with Gasteiger partial charge in [-0.2, -0.15) is 5.10 Å². The molecule has 0 spiro atoms. The van der Waals surface area contributed by atoms with Gasteiger partial charge in [0, 0.05) is 12.6 Å². The molecule has 0 aliphatic heterocycles. The minimum atomic E-state index is -3.66. The maximum atomic E-state index is 13.0. The molecule has 0 fully saturated rings. The third-order valence-electron chi connectivity index (χ3n) is 6.07. The summed E-state index contributed by atoms with van der Waals surface area (Å²) in [4.78, 5) is 0. The highest BCUT2D eigenvalue weighted by Crippen LogP contribution is 2.37. The molecule has 1 rings (SSSR count). The van der Waals surface area contributed by atoms with Gasteiger partial charge in [0.25, 0.3) is 10.0 Å². The zero-order chi connectivity index (χ0) is 21.5. The van der Waals surface area contributed by atoms with Crippen molar-refractivity contribution in [1.82, 2.24) is 14.2 Å². The van der Waals surface area contributed by atoms with Crippen LogP contribution in [0.15, 0.2) is 11.1 Å². The molecule has 27 heavy (non-hydrogen) atoms. The van der Waals surface area contributed by atoms with Crippen LogP contribution in [0.1, 0.15) is 54.2 Å². The molecule has 0 bridgehead atoms. The van der Waals surface area contributed by atoms with E-state index in [1.54, 1.807) is 10.7 Å². The van der Waals surface area contributed by atoms with Gasteiger partial charge < -0.3 is 4.43 Å². The third-order valence-corrected chi connectivity index (χ3v) is 18.2. The molecule has 1 N–H and O–H groups in total. The summed E-state index contributed by atoms with van der Waals surface area (Å²) in [7, 11) is -7.81. The Labute approximate surface area is 168 Å². The van der Waals surface area contributed by atoms with E-state index in [1.807, 2.05) is 20.0 Å². The first-order chi connectivity index (χ1) is 11.8. The van der Waals surface area contributed by atoms with Gasteiger partial charge >= 0.3 is 0 Å². The van der Waals surface area contributed by atoms with Crippen LogP contribution in [-0.2, 0) is 27.6 Å². The standard InChI is InChI=1S/C18H39N3O3SSi2/c1-12-21-15(14-24-27(10,11)18(5,6)7)13-16(19-21)25(22,23)20-26(8,9)17(2,3)4/h13,20H,12,14H2,1-11H3. The van der Waals surface area contributed by atoms with Crippen molar-refractivity contribution in [3.63, 3.8) is 0 Å². The maximum Gasteiger partial charge on any atom is 0.253 e. The lowest BCUT2D eigenvalue weighted by Gasteiger charge is -2.36. The molecule has 0 aliphatic carbocycles. The van der Waals surface area contributed by atoms with Crippen molar-refractivity contribution in [2.24, 2.45) is 0 Å². The van der Waals surface area contributed by atoms with Gasteiger partial charge in [0.2, 0.25) is 0 Å². The summed E-state index contributed by atoms with van der Waals surface area (Å²) in [5.74, 6) is 0. The first-order valence-electron chi connectivity index (χ1n) is 9.59. The van der Waals surface area contributed by atoms with E-state index in [9.17, 15) is 8.42 Å². The number of sulfonamides is 1. The Morgan fingerprint density at radius 1 is 1.07 bits per heavy atom. The van der Waals surface area contributed by atoms with Crippen LogP contribution in [0.2, 0.25) is 36.3 Å². The predicted octanol–water partition coefficient (Wildman–Crippen LogP) is 4.71. The van der Waals surface area contributed by atoms with Crippen molar-refractivity contribution < 1.29 is 12.8 Å². The molecule has 0 radical (unpaired) electrons. The number of hydrogen-bond acceptors (Lipinski definition) is 4. The number of hydrogen-bond donors (Lipinski definition) is 1. The molecule has 1 aromatic heterocycles. The molecule has 6 nitrogen and oxygen atoms in total. The van der Waals surface area contributed by atoms with Crippen molar-refractivity contribution in [2.75, 3.05) is 0 Å². The highest BCUT2D eigenvalue weighted by Gasteiger charge is 2.40. The molecule has 9 heteroatoms. The van der Waals surface area contributed by atoms with E-state index in [0.717, 1.165) is 5.69 Å². The Morgan fingerprint density at radius 2 is 1.59 bits per heavy atom. The van der Waals surface area contributed by atoms with Crippen molar-refractivity contribution in [2.45, 2.75) is 103 Å². The van der Waals surface area contributed by atoms with Gasteiger partial charge in [0.15, 0.2) is 13.3 Å². The maximum absolute atomic E-state index is 13.0. The molecule has 0 saturated heterocycles. The summed E-state index contributed by atoms with van der Waals surface area (Å²) in [6.07, 6.45) is 0. The molecule has 0 saturated carbocycles. The average Bonchev–Trinajstić information content (AvgIpc) is 2.85. The van der Waals surface area contributed by atoms with Crippen molar-refractivity contribution >= 4 is 26.6 Å². The summed E-state index contributed by atoms with van der Waals surface area (Å²) in [5.41, 5.74) is 0.804. The quantitative estimate of drug-likeness (QED) is 0.632. The minimum Gasteiger partial charge on any atom is -0.411 e. The SMILES string of the molecule is CCn1nc(S(=O)(=O)N[Si](C)(C)C(C)(C)C)cc1CO[Si](C)(C)C(C)(C)C. The van der Waals surface area contributed by atoms with Gasteiger partial charge in [-0.3, -0.25) is 4.68 Å². The van der Waals surface area contributed by atoms with Gasteiger partial charge in [-0.15, -0.1) is 0 Å². The lowest BCUT2D eigenvalue weighted by atomic mass is 10.2. The van der Waals surface area contributed by atoms with E-state index in [2.05, 4.69) is 64.1 Å². The number of nitrogens with one attached hydrogen (secondary N) is 1.